The van der Waals surface area contributed by atoms with Crippen molar-refractivity contribution in [2.75, 3.05) is 31.2 Å². The smallest absolute Gasteiger partial charge is 0.293 e. The van der Waals surface area contributed by atoms with Crippen molar-refractivity contribution >= 4 is 21.2 Å². The molecule has 8 nitrogen and oxygen atoms in total. The fraction of sp³-hybridized carbons (Fsp3) is 0.647. The molecule has 146 valence electrons. The van der Waals surface area contributed by atoms with Crippen molar-refractivity contribution in [3.63, 3.8) is 0 Å². The topological polar surface area (TPSA) is 102 Å². The summed E-state index contributed by atoms with van der Waals surface area (Å²) >= 11 is 0. The van der Waals surface area contributed by atoms with Crippen LogP contribution >= 0.6 is 0 Å². The molecule has 1 fully saturated rings. The maximum absolute atomic E-state index is 11.6. The lowest BCUT2D eigenvalue weighted by Crippen LogP contribution is -2.57. The highest BCUT2D eigenvalue weighted by atomic mass is 32.2. The molecule has 1 aromatic rings. The predicted octanol–water partition coefficient (Wildman–Crippen LogP) is 2.30. The molecular weight excluding hydrogens is 358 g/mol. The van der Waals surface area contributed by atoms with E-state index in [9.17, 15) is 18.5 Å². The van der Waals surface area contributed by atoms with Crippen LogP contribution in [0, 0.1) is 10.1 Å². The van der Waals surface area contributed by atoms with Gasteiger partial charge in [0.25, 0.3) is 5.69 Å². The Labute approximate surface area is 154 Å². The summed E-state index contributed by atoms with van der Waals surface area (Å²) in [6.45, 7) is 10.2. The van der Waals surface area contributed by atoms with Crippen molar-refractivity contribution in [1.29, 1.82) is 0 Å². The number of nitro benzene ring substituents is 1. The molecule has 1 aromatic carbocycles. The van der Waals surface area contributed by atoms with Gasteiger partial charge in [0.05, 0.1) is 22.0 Å². The van der Waals surface area contributed by atoms with E-state index in [0.717, 1.165) is 25.4 Å². The summed E-state index contributed by atoms with van der Waals surface area (Å²) in [5, 5.41) is 14.5. The second-order valence-electron chi connectivity index (χ2n) is 7.54. The van der Waals surface area contributed by atoms with Crippen molar-refractivity contribution in [3.8, 4) is 0 Å². The number of nitro groups is 1. The Bertz CT molecular complexity index is 769. The number of nitrogens with one attached hydrogen (secondary N) is 1. The van der Waals surface area contributed by atoms with Gasteiger partial charge in [0, 0.05) is 37.5 Å². The number of sulfone groups is 1. The van der Waals surface area contributed by atoms with Crippen LogP contribution in [0.15, 0.2) is 23.1 Å². The minimum absolute atomic E-state index is 0.0650. The zero-order chi connectivity index (χ0) is 19.7. The maximum atomic E-state index is 11.6. The molecule has 2 atom stereocenters. The Morgan fingerprint density at radius 3 is 2.38 bits per heavy atom. The number of benzene rings is 1. The fourth-order valence-corrected chi connectivity index (χ4v) is 3.78. The summed E-state index contributed by atoms with van der Waals surface area (Å²) in [6, 6.07) is 3.94. The molecule has 0 bridgehead atoms. The summed E-state index contributed by atoms with van der Waals surface area (Å²) in [5.74, 6) is 0. The molecule has 0 unspecified atom stereocenters. The van der Waals surface area contributed by atoms with E-state index in [0.29, 0.717) is 12.2 Å². The number of anilines is 1. The molecule has 0 radical (unpaired) electrons. The normalized spacial score (nSPS) is 22.2. The van der Waals surface area contributed by atoms with Crippen LogP contribution in [0.3, 0.4) is 0 Å². The largest absolute Gasteiger partial charge is 0.378 e. The molecule has 0 spiro atoms. The highest BCUT2D eigenvalue weighted by molar-refractivity contribution is 7.90. The van der Waals surface area contributed by atoms with Gasteiger partial charge in [0.15, 0.2) is 9.84 Å². The summed E-state index contributed by atoms with van der Waals surface area (Å²) in [4.78, 5) is 13.0. The minimum Gasteiger partial charge on any atom is -0.378 e. The maximum Gasteiger partial charge on any atom is 0.293 e. The molecule has 0 saturated carbocycles. The van der Waals surface area contributed by atoms with Crippen LogP contribution in [0.4, 0.5) is 11.4 Å². The first kappa shape index (κ1) is 20.6. The monoisotopic (exact) mass is 385 g/mol. The zero-order valence-corrected chi connectivity index (χ0v) is 16.7. The predicted molar refractivity (Wildman–Crippen MR) is 100 cm³/mol. The molecule has 1 heterocycles. The van der Waals surface area contributed by atoms with E-state index in [1.54, 1.807) is 0 Å². The standard InChI is InChI=1S/C17H27N3O5S/c1-12-9-19(10-13(2)25-12)17(3,4)11-18-15-7-6-14(26(5,23)24)8-16(15)20(21)22/h6-8,12-13,18H,9-11H2,1-5H3/t12-,13-/m1/s1. The zero-order valence-electron chi connectivity index (χ0n) is 15.9. The molecule has 0 aromatic heterocycles. The molecule has 0 aliphatic carbocycles. The number of rotatable bonds is 6. The van der Waals surface area contributed by atoms with Crippen molar-refractivity contribution in [3.05, 3.63) is 28.3 Å². The summed E-state index contributed by atoms with van der Waals surface area (Å²) in [5.41, 5.74) is -0.187. The minimum atomic E-state index is -3.50. The SMILES string of the molecule is C[C@@H]1CN(C(C)(C)CNc2ccc(S(C)(=O)=O)cc2[N+](=O)[O-])C[C@@H](C)O1. The van der Waals surface area contributed by atoms with Gasteiger partial charge in [0.1, 0.15) is 5.69 Å². The van der Waals surface area contributed by atoms with Crippen LogP contribution in [-0.4, -0.2) is 61.9 Å². The highest BCUT2D eigenvalue weighted by Gasteiger charge is 2.33. The van der Waals surface area contributed by atoms with Crippen molar-refractivity contribution in [1.82, 2.24) is 4.90 Å². The Balaban J connectivity index is 2.19. The van der Waals surface area contributed by atoms with E-state index in [1.807, 2.05) is 13.8 Å². The first-order valence-corrected chi connectivity index (χ1v) is 10.4. The summed E-state index contributed by atoms with van der Waals surface area (Å²) in [6.07, 6.45) is 1.28. The quantitative estimate of drug-likeness (QED) is 0.592. The third-order valence-corrected chi connectivity index (χ3v) is 5.69. The number of ether oxygens (including phenoxy) is 1. The Kier molecular flexibility index (Phi) is 5.94. The molecular formula is C17H27N3O5S. The molecule has 26 heavy (non-hydrogen) atoms. The lowest BCUT2D eigenvalue weighted by atomic mass is 10.00. The van der Waals surface area contributed by atoms with Gasteiger partial charge < -0.3 is 10.1 Å². The first-order chi connectivity index (χ1) is 11.9. The van der Waals surface area contributed by atoms with E-state index < -0.39 is 14.8 Å². The van der Waals surface area contributed by atoms with E-state index >= 15 is 0 Å². The second-order valence-corrected chi connectivity index (χ2v) is 9.55. The fourth-order valence-electron chi connectivity index (χ4n) is 3.14. The van der Waals surface area contributed by atoms with Gasteiger partial charge in [-0.2, -0.15) is 0 Å². The van der Waals surface area contributed by atoms with Gasteiger partial charge in [-0.25, -0.2) is 8.42 Å². The Morgan fingerprint density at radius 1 is 1.31 bits per heavy atom. The lowest BCUT2D eigenvalue weighted by molar-refractivity contribution is -0.384. The van der Waals surface area contributed by atoms with E-state index in [2.05, 4.69) is 24.1 Å². The van der Waals surface area contributed by atoms with E-state index in [1.165, 1.54) is 12.1 Å². The van der Waals surface area contributed by atoms with Crippen molar-refractivity contribution < 1.29 is 18.1 Å². The molecule has 9 heteroatoms. The Morgan fingerprint density at radius 2 is 1.88 bits per heavy atom. The number of nitrogens with zero attached hydrogens (tertiary/aromatic N) is 2. The van der Waals surface area contributed by atoms with Gasteiger partial charge in [-0.15, -0.1) is 0 Å². The number of hydrogen-bond acceptors (Lipinski definition) is 7. The number of hydrogen-bond donors (Lipinski definition) is 1. The average molecular weight is 385 g/mol. The van der Waals surface area contributed by atoms with Gasteiger partial charge in [-0.3, -0.25) is 15.0 Å². The van der Waals surface area contributed by atoms with Gasteiger partial charge in [-0.1, -0.05) is 0 Å². The van der Waals surface area contributed by atoms with Crippen LogP contribution in [0.2, 0.25) is 0 Å². The van der Waals surface area contributed by atoms with Gasteiger partial charge in [-0.05, 0) is 39.8 Å². The third-order valence-electron chi connectivity index (χ3n) is 4.58. The molecule has 0 amide bonds. The van der Waals surface area contributed by atoms with Crippen LogP contribution in [-0.2, 0) is 14.6 Å². The number of morpholine rings is 1. The van der Waals surface area contributed by atoms with Crippen molar-refractivity contribution in [2.24, 2.45) is 0 Å². The van der Waals surface area contributed by atoms with Crippen LogP contribution in [0.5, 0.6) is 0 Å². The molecule has 1 aliphatic rings. The van der Waals surface area contributed by atoms with Crippen LogP contribution < -0.4 is 5.32 Å². The van der Waals surface area contributed by atoms with E-state index in [-0.39, 0.29) is 28.3 Å². The molecule has 1 N–H and O–H groups in total. The van der Waals surface area contributed by atoms with Crippen LogP contribution in [0.1, 0.15) is 27.7 Å². The Hall–Kier alpha value is -1.71. The van der Waals surface area contributed by atoms with Gasteiger partial charge >= 0.3 is 0 Å². The average Bonchev–Trinajstić information content (AvgIpc) is 2.51. The molecule has 2 rings (SSSR count). The lowest BCUT2D eigenvalue weighted by Gasteiger charge is -2.45. The van der Waals surface area contributed by atoms with Crippen LogP contribution in [0.25, 0.3) is 0 Å². The van der Waals surface area contributed by atoms with Crippen molar-refractivity contribution in [2.45, 2.75) is 50.3 Å². The van der Waals surface area contributed by atoms with E-state index in [4.69, 9.17) is 4.74 Å². The molecule has 1 saturated heterocycles. The summed E-state index contributed by atoms with van der Waals surface area (Å²) < 4.78 is 29.0. The summed E-state index contributed by atoms with van der Waals surface area (Å²) in [7, 11) is -3.50. The third kappa shape index (κ3) is 4.93. The highest BCUT2D eigenvalue weighted by Crippen LogP contribution is 2.29. The molecule has 1 aliphatic heterocycles. The first-order valence-electron chi connectivity index (χ1n) is 8.53. The van der Waals surface area contributed by atoms with Gasteiger partial charge in [0.2, 0.25) is 0 Å². The second kappa shape index (κ2) is 7.50.